The van der Waals surface area contributed by atoms with Crippen molar-refractivity contribution < 1.29 is 49.6 Å². The highest BCUT2D eigenvalue weighted by atomic mass is 16.5. The van der Waals surface area contributed by atoms with Gasteiger partial charge in [0.05, 0.1) is 19.1 Å². The number of phenolic OH excluding ortho intramolecular Hbond substituents is 2. The lowest BCUT2D eigenvalue weighted by Crippen LogP contribution is -2.41. The zero-order chi connectivity index (χ0) is 26.0. The average molecular weight is 503 g/mol. The fourth-order valence-electron chi connectivity index (χ4n) is 4.60. The summed E-state index contributed by atoms with van der Waals surface area (Å²) in [5.41, 5.74) is 2.05. The lowest BCUT2D eigenvalue weighted by molar-refractivity contribution is -0.141. The molecule has 4 rings (SSSR count). The number of benzene rings is 2. The molecular formula is C26H30O10. The second kappa shape index (κ2) is 10.8. The number of fused-ring (bicyclic) bond motifs is 1. The summed E-state index contributed by atoms with van der Waals surface area (Å²) in [4.78, 5) is 12.8. The first-order chi connectivity index (χ1) is 17.2. The minimum atomic E-state index is -1.39. The summed E-state index contributed by atoms with van der Waals surface area (Å²) >= 11 is 0. The third kappa shape index (κ3) is 5.12. The number of hydrogen-bond acceptors (Lipinski definition) is 10. The maximum absolute atomic E-state index is 12.8. The van der Waals surface area contributed by atoms with Crippen molar-refractivity contribution in [1.29, 1.82) is 0 Å². The molecule has 1 aliphatic heterocycles. The Morgan fingerprint density at radius 3 is 2.58 bits per heavy atom. The van der Waals surface area contributed by atoms with E-state index in [9.17, 15) is 35.4 Å². The number of carbonyl (C=O) groups is 1. The molecule has 194 valence electrons. The van der Waals surface area contributed by atoms with Gasteiger partial charge in [0.2, 0.25) is 0 Å². The molecule has 2 aromatic rings. The Balaban J connectivity index is 1.64. The van der Waals surface area contributed by atoms with Gasteiger partial charge in [-0.2, -0.15) is 0 Å². The van der Waals surface area contributed by atoms with Gasteiger partial charge in [0, 0.05) is 24.2 Å². The monoisotopic (exact) mass is 502 g/mol. The maximum Gasteiger partial charge on any atom is 0.333 e. The van der Waals surface area contributed by atoms with Crippen molar-refractivity contribution >= 4 is 5.97 Å². The SMILES string of the molecule is COc1cc([C@H]2Oc3c(O)cc(CCCO)cc3[C@@H]2COC(=O)C2=C[C@@H](O)[C@H](O)[C@@H](O)C2)ccc1O. The van der Waals surface area contributed by atoms with Gasteiger partial charge in [-0.3, -0.25) is 0 Å². The van der Waals surface area contributed by atoms with Crippen molar-refractivity contribution in [3.05, 3.63) is 58.7 Å². The number of hydrogen-bond donors (Lipinski definition) is 6. The van der Waals surface area contributed by atoms with Gasteiger partial charge in [0.1, 0.15) is 24.9 Å². The van der Waals surface area contributed by atoms with Gasteiger partial charge in [0.15, 0.2) is 23.0 Å². The largest absolute Gasteiger partial charge is 0.504 e. The van der Waals surface area contributed by atoms with Crippen LogP contribution in [0.4, 0.5) is 0 Å². The number of rotatable bonds is 8. The molecule has 5 atom stereocenters. The molecular weight excluding hydrogens is 472 g/mol. The summed E-state index contributed by atoms with van der Waals surface area (Å²) in [5.74, 6) is -0.979. The highest BCUT2D eigenvalue weighted by Crippen LogP contribution is 2.51. The maximum atomic E-state index is 12.8. The summed E-state index contributed by atoms with van der Waals surface area (Å²) in [5, 5.41) is 59.4. The van der Waals surface area contributed by atoms with Crippen molar-refractivity contribution in [2.45, 2.75) is 49.6 Å². The molecule has 0 unspecified atom stereocenters. The van der Waals surface area contributed by atoms with E-state index in [1.165, 1.54) is 19.3 Å². The molecule has 10 heteroatoms. The first-order valence-electron chi connectivity index (χ1n) is 11.7. The molecule has 0 aromatic heterocycles. The quantitative estimate of drug-likeness (QED) is 0.289. The molecule has 0 spiro atoms. The normalized spacial score (nSPS) is 25.0. The summed E-state index contributed by atoms with van der Waals surface area (Å²) in [7, 11) is 1.42. The van der Waals surface area contributed by atoms with Crippen molar-refractivity contribution in [2.75, 3.05) is 20.3 Å². The molecule has 2 aromatic carbocycles. The van der Waals surface area contributed by atoms with Gasteiger partial charge in [-0.1, -0.05) is 12.1 Å². The number of phenols is 2. The molecule has 0 fully saturated rings. The predicted octanol–water partition coefficient (Wildman–Crippen LogP) is 1.20. The number of aliphatic hydroxyl groups is 4. The molecule has 0 bridgehead atoms. The highest BCUT2D eigenvalue weighted by Gasteiger charge is 2.40. The molecule has 10 nitrogen and oxygen atoms in total. The van der Waals surface area contributed by atoms with E-state index in [0.29, 0.717) is 24.0 Å². The zero-order valence-corrected chi connectivity index (χ0v) is 19.7. The van der Waals surface area contributed by atoms with Crippen LogP contribution in [-0.4, -0.2) is 75.2 Å². The van der Waals surface area contributed by atoms with E-state index in [2.05, 4.69) is 0 Å². The van der Waals surface area contributed by atoms with Crippen LogP contribution in [0.2, 0.25) is 0 Å². The number of esters is 1. The average Bonchev–Trinajstić information content (AvgIpc) is 3.23. The summed E-state index contributed by atoms with van der Waals surface area (Å²) in [6.07, 6.45) is -2.75. The van der Waals surface area contributed by atoms with Gasteiger partial charge in [-0.25, -0.2) is 4.79 Å². The number of ether oxygens (including phenoxy) is 3. The molecule has 2 aliphatic rings. The van der Waals surface area contributed by atoms with Gasteiger partial charge in [0.25, 0.3) is 0 Å². The molecule has 0 saturated carbocycles. The Hall–Kier alpha value is -3.31. The fraction of sp³-hybridized carbons (Fsp3) is 0.423. The van der Waals surface area contributed by atoms with E-state index >= 15 is 0 Å². The van der Waals surface area contributed by atoms with Crippen LogP contribution in [0, 0.1) is 0 Å². The van der Waals surface area contributed by atoms with E-state index in [4.69, 9.17) is 14.2 Å². The standard InChI is InChI=1S/C26H30O10/c1-34-22-11-14(4-5-18(22)28)24-17(12-35-26(33)15-9-19(29)23(32)20(30)10-15)16-7-13(3-2-6-27)8-21(31)25(16)36-24/h4-5,7-9,11,17,19-20,23-24,27-32H,2-3,6,10,12H2,1H3/t17-,19+,20-,23-,24+/m0/s1. The van der Waals surface area contributed by atoms with E-state index in [-0.39, 0.29) is 48.2 Å². The number of aromatic hydroxyl groups is 2. The minimum Gasteiger partial charge on any atom is -0.504 e. The van der Waals surface area contributed by atoms with E-state index < -0.39 is 36.3 Å². The van der Waals surface area contributed by atoms with Crippen LogP contribution in [0.15, 0.2) is 42.0 Å². The molecule has 0 saturated heterocycles. The lowest BCUT2D eigenvalue weighted by Gasteiger charge is -2.27. The van der Waals surface area contributed by atoms with Crippen LogP contribution in [-0.2, 0) is 16.0 Å². The Bertz CT molecular complexity index is 1140. The molecule has 1 aliphatic carbocycles. The van der Waals surface area contributed by atoms with Crippen molar-refractivity contribution in [2.24, 2.45) is 0 Å². The number of carbonyl (C=O) groups excluding carboxylic acids is 1. The predicted molar refractivity (Wildman–Crippen MR) is 126 cm³/mol. The van der Waals surface area contributed by atoms with Crippen molar-refractivity contribution in [3.63, 3.8) is 0 Å². The van der Waals surface area contributed by atoms with Crippen LogP contribution in [0.5, 0.6) is 23.0 Å². The summed E-state index contributed by atoms with van der Waals surface area (Å²) in [6, 6.07) is 8.10. The third-order valence-corrected chi connectivity index (χ3v) is 6.52. The van der Waals surface area contributed by atoms with E-state index in [0.717, 1.165) is 5.56 Å². The Kier molecular flexibility index (Phi) is 7.70. The number of aryl methyl sites for hydroxylation is 1. The van der Waals surface area contributed by atoms with Gasteiger partial charge >= 0.3 is 5.97 Å². The third-order valence-electron chi connectivity index (χ3n) is 6.52. The van der Waals surface area contributed by atoms with Crippen molar-refractivity contribution in [3.8, 4) is 23.0 Å². The van der Waals surface area contributed by atoms with Crippen LogP contribution < -0.4 is 9.47 Å². The van der Waals surface area contributed by atoms with Crippen LogP contribution in [0.25, 0.3) is 0 Å². The highest BCUT2D eigenvalue weighted by molar-refractivity contribution is 5.89. The smallest absolute Gasteiger partial charge is 0.333 e. The first kappa shape index (κ1) is 25.8. The van der Waals surface area contributed by atoms with Crippen LogP contribution in [0.1, 0.15) is 41.6 Å². The molecule has 6 N–H and O–H groups in total. The Labute approximate surface area is 207 Å². The Morgan fingerprint density at radius 1 is 1.11 bits per heavy atom. The second-order valence-corrected chi connectivity index (χ2v) is 8.98. The van der Waals surface area contributed by atoms with E-state index in [1.807, 2.05) is 6.07 Å². The summed E-state index contributed by atoms with van der Waals surface area (Å²) < 4.78 is 16.9. The second-order valence-electron chi connectivity index (χ2n) is 8.98. The number of methoxy groups -OCH3 is 1. The Morgan fingerprint density at radius 2 is 1.89 bits per heavy atom. The molecule has 1 heterocycles. The molecule has 36 heavy (non-hydrogen) atoms. The zero-order valence-electron chi connectivity index (χ0n) is 19.7. The summed E-state index contributed by atoms with van der Waals surface area (Å²) in [6.45, 7) is -0.165. The number of aliphatic hydroxyl groups excluding tert-OH is 4. The topological polar surface area (TPSA) is 166 Å². The first-order valence-corrected chi connectivity index (χ1v) is 11.7. The lowest BCUT2D eigenvalue weighted by atomic mass is 9.89. The van der Waals surface area contributed by atoms with E-state index in [1.54, 1.807) is 18.2 Å². The fourth-order valence-corrected chi connectivity index (χ4v) is 4.60. The van der Waals surface area contributed by atoms with Gasteiger partial charge in [-0.15, -0.1) is 0 Å². The van der Waals surface area contributed by atoms with Crippen LogP contribution in [0.3, 0.4) is 0 Å². The molecule has 0 radical (unpaired) electrons. The van der Waals surface area contributed by atoms with Crippen molar-refractivity contribution in [1.82, 2.24) is 0 Å². The van der Waals surface area contributed by atoms with Crippen LogP contribution >= 0.6 is 0 Å². The van der Waals surface area contributed by atoms with Gasteiger partial charge < -0.3 is 44.8 Å². The molecule has 0 amide bonds. The van der Waals surface area contributed by atoms with Gasteiger partial charge in [-0.05, 0) is 48.2 Å². The minimum absolute atomic E-state index is 0.00712.